The van der Waals surface area contributed by atoms with Crippen LogP contribution >= 0.6 is 23.2 Å². The smallest absolute Gasteiger partial charge is 0.221 e. The zero-order valence-corrected chi connectivity index (χ0v) is 12.9. The van der Waals surface area contributed by atoms with Gasteiger partial charge in [-0.05, 0) is 44.0 Å². The number of halogens is 2. The van der Waals surface area contributed by atoms with E-state index in [-0.39, 0.29) is 10.4 Å². The van der Waals surface area contributed by atoms with E-state index in [0.717, 1.165) is 16.7 Å². The van der Waals surface area contributed by atoms with E-state index in [2.05, 4.69) is 22.1 Å². The minimum Gasteiger partial charge on any atom is -0.221 e. The lowest BCUT2D eigenvalue weighted by Gasteiger charge is -2.22. The highest BCUT2D eigenvalue weighted by Gasteiger charge is 2.31. The number of hydrogen-bond acceptors (Lipinski definition) is 3. The van der Waals surface area contributed by atoms with Crippen molar-refractivity contribution in [1.29, 1.82) is 5.26 Å². The topological polar surface area (TPSA) is 49.6 Å². The molecule has 2 rings (SSSR count). The van der Waals surface area contributed by atoms with E-state index in [4.69, 9.17) is 23.2 Å². The van der Waals surface area contributed by atoms with Crippen molar-refractivity contribution < 1.29 is 0 Å². The van der Waals surface area contributed by atoms with Gasteiger partial charge in [0.25, 0.3) is 0 Å². The molecule has 0 spiro atoms. The Kier molecular flexibility index (Phi) is 3.99. The second kappa shape index (κ2) is 5.40. The van der Waals surface area contributed by atoms with Gasteiger partial charge in [0, 0.05) is 0 Å². The molecule has 0 aliphatic heterocycles. The maximum Gasteiger partial charge on any atom is 0.224 e. The molecule has 0 saturated carbocycles. The van der Waals surface area contributed by atoms with Crippen molar-refractivity contribution in [2.75, 3.05) is 0 Å². The lowest BCUT2D eigenvalue weighted by Crippen LogP contribution is -2.23. The molecule has 0 bridgehead atoms. The van der Waals surface area contributed by atoms with Crippen LogP contribution in [0, 0.1) is 25.2 Å². The van der Waals surface area contributed by atoms with E-state index in [1.807, 2.05) is 26.0 Å². The molecule has 5 heteroatoms. The molecular weight excluding hydrogens is 293 g/mol. The molecular formula is C15H13Cl2N3. The van der Waals surface area contributed by atoms with E-state index < -0.39 is 5.41 Å². The summed E-state index contributed by atoms with van der Waals surface area (Å²) in [6.07, 6.45) is 0. The lowest BCUT2D eigenvalue weighted by molar-refractivity contribution is 0.703. The number of nitriles is 1. The van der Waals surface area contributed by atoms with Gasteiger partial charge in [0.1, 0.15) is 10.6 Å². The SMILES string of the molecule is Cc1cc(C)cc(C(C)(C#N)c2cc(Cl)nc(Cl)n2)c1. The molecule has 2 aromatic rings. The fourth-order valence-electron chi connectivity index (χ4n) is 2.18. The van der Waals surface area contributed by atoms with Crippen LogP contribution in [0.25, 0.3) is 0 Å². The molecule has 0 N–H and O–H groups in total. The zero-order chi connectivity index (χ0) is 14.9. The van der Waals surface area contributed by atoms with E-state index >= 15 is 0 Å². The first-order valence-corrected chi connectivity index (χ1v) is 6.81. The van der Waals surface area contributed by atoms with E-state index in [0.29, 0.717) is 5.69 Å². The quantitative estimate of drug-likeness (QED) is 0.616. The van der Waals surface area contributed by atoms with Crippen LogP contribution in [0.5, 0.6) is 0 Å². The van der Waals surface area contributed by atoms with Crippen molar-refractivity contribution >= 4 is 23.2 Å². The number of benzene rings is 1. The highest BCUT2D eigenvalue weighted by molar-refractivity contribution is 6.31. The summed E-state index contributed by atoms with van der Waals surface area (Å²) < 4.78 is 0. The van der Waals surface area contributed by atoms with E-state index in [1.165, 1.54) is 0 Å². The predicted molar refractivity (Wildman–Crippen MR) is 80.0 cm³/mol. The van der Waals surface area contributed by atoms with Crippen LogP contribution in [0.1, 0.15) is 29.3 Å². The van der Waals surface area contributed by atoms with E-state index in [9.17, 15) is 5.26 Å². The molecule has 1 aromatic carbocycles. The number of nitrogens with zero attached hydrogens (tertiary/aromatic N) is 3. The van der Waals surface area contributed by atoms with Crippen LogP contribution < -0.4 is 0 Å². The first kappa shape index (κ1) is 14.8. The summed E-state index contributed by atoms with van der Waals surface area (Å²) in [5.41, 5.74) is 2.62. The van der Waals surface area contributed by atoms with Gasteiger partial charge >= 0.3 is 0 Å². The molecule has 0 aliphatic carbocycles. The van der Waals surface area contributed by atoms with Crippen LogP contribution in [0.2, 0.25) is 10.4 Å². The van der Waals surface area contributed by atoms with Crippen molar-refractivity contribution in [3.8, 4) is 6.07 Å². The van der Waals surface area contributed by atoms with Crippen molar-refractivity contribution in [2.24, 2.45) is 0 Å². The van der Waals surface area contributed by atoms with Gasteiger partial charge in [-0.2, -0.15) is 5.26 Å². The zero-order valence-electron chi connectivity index (χ0n) is 11.4. The minimum atomic E-state index is -0.924. The Morgan fingerprint density at radius 1 is 1.05 bits per heavy atom. The Morgan fingerprint density at radius 2 is 1.65 bits per heavy atom. The summed E-state index contributed by atoms with van der Waals surface area (Å²) >= 11 is 11.8. The van der Waals surface area contributed by atoms with Gasteiger partial charge in [0.2, 0.25) is 5.28 Å². The van der Waals surface area contributed by atoms with Crippen LogP contribution in [-0.4, -0.2) is 9.97 Å². The van der Waals surface area contributed by atoms with Crippen LogP contribution in [0.3, 0.4) is 0 Å². The summed E-state index contributed by atoms with van der Waals surface area (Å²) in [5, 5.41) is 9.93. The monoisotopic (exact) mass is 305 g/mol. The van der Waals surface area contributed by atoms with Crippen molar-refractivity contribution in [1.82, 2.24) is 9.97 Å². The molecule has 1 aromatic heterocycles. The number of hydrogen-bond donors (Lipinski definition) is 0. The molecule has 0 saturated heterocycles. The maximum atomic E-state index is 9.66. The van der Waals surface area contributed by atoms with Crippen molar-refractivity contribution in [2.45, 2.75) is 26.2 Å². The molecule has 3 nitrogen and oxygen atoms in total. The fraction of sp³-hybridized carbons (Fsp3) is 0.267. The summed E-state index contributed by atoms with van der Waals surface area (Å²) in [5.74, 6) is 0. The van der Waals surface area contributed by atoms with Gasteiger partial charge in [0.05, 0.1) is 11.8 Å². The van der Waals surface area contributed by atoms with Gasteiger partial charge in [-0.25, -0.2) is 9.97 Å². The minimum absolute atomic E-state index is 0.0401. The summed E-state index contributed by atoms with van der Waals surface area (Å²) in [4.78, 5) is 7.98. The van der Waals surface area contributed by atoms with Crippen LogP contribution in [0.4, 0.5) is 0 Å². The number of aryl methyl sites for hydroxylation is 2. The first-order chi connectivity index (χ1) is 9.35. The molecule has 1 atom stereocenters. The molecule has 20 heavy (non-hydrogen) atoms. The lowest BCUT2D eigenvalue weighted by atomic mass is 9.79. The number of aromatic nitrogens is 2. The maximum absolute atomic E-state index is 9.66. The third kappa shape index (κ3) is 2.77. The van der Waals surface area contributed by atoms with Gasteiger partial charge in [0.15, 0.2) is 0 Å². The van der Waals surface area contributed by atoms with Gasteiger partial charge in [-0.15, -0.1) is 0 Å². The average Bonchev–Trinajstić information content (AvgIpc) is 2.35. The third-order valence-corrected chi connectivity index (χ3v) is 3.57. The molecule has 1 unspecified atom stereocenters. The van der Waals surface area contributed by atoms with Crippen LogP contribution in [0.15, 0.2) is 24.3 Å². The Balaban J connectivity index is 2.67. The second-order valence-electron chi connectivity index (χ2n) is 4.96. The van der Waals surface area contributed by atoms with Crippen LogP contribution in [-0.2, 0) is 5.41 Å². The van der Waals surface area contributed by atoms with Gasteiger partial charge < -0.3 is 0 Å². The molecule has 0 aliphatic rings. The molecule has 0 fully saturated rings. The Morgan fingerprint density at radius 3 is 2.15 bits per heavy atom. The van der Waals surface area contributed by atoms with Crippen molar-refractivity contribution in [3.05, 3.63) is 57.1 Å². The Labute approximate surface area is 128 Å². The summed E-state index contributed by atoms with van der Waals surface area (Å²) in [6, 6.07) is 9.89. The van der Waals surface area contributed by atoms with Gasteiger partial charge in [-0.1, -0.05) is 40.9 Å². The summed E-state index contributed by atoms with van der Waals surface area (Å²) in [7, 11) is 0. The van der Waals surface area contributed by atoms with Gasteiger partial charge in [-0.3, -0.25) is 0 Å². The molecule has 0 radical (unpaired) electrons. The Bertz CT molecular complexity index is 613. The largest absolute Gasteiger partial charge is 0.224 e. The molecule has 102 valence electrons. The number of rotatable bonds is 2. The standard InChI is InChI=1S/C15H13Cl2N3/c1-9-4-10(2)6-11(5-9)15(3,8-18)12-7-13(16)20-14(17)19-12/h4-7H,1-3H3. The highest BCUT2D eigenvalue weighted by atomic mass is 35.5. The van der Waals surface area contributed by atoms with E-state index in [1.54, 1.807) is 13.0 Å². The average molecular weight is 306 g/mol. The molecule has 0 amide bonds. The fourth-order valence-corrected chi connectivity index (χ4v) is 2.59. The molecule has 1 heterocycles. The highest BCUT2D eigenvalue weighted by Crippen LogP contribution is 2.32. The summed E-state index contributed by atoms with van der Waals surface area (Å²) in [6.45, 7) is 5.79. The van der Waals surface area contributed by atoms with Crippen molar-refractivity contribution in [3.63, 3.8) is 0 Å². The first-order valence-electron chi connectivity index (χ1n) is 6.06. The normalized spacial score (nSPS) is 13.6. The predicted octanol–water partition coefficient (Wildman–Crippen LogP) is 4.23. The third-order valence-electron chi connectivity index (χ3n) is 3.20. The Hall–Kier alpha value is -1.63. The second-order valence-corrected chi connectivity index (χ2v) is 5.68.